The van der Waals surface area contributed by atoms with Gasteiger partial charge in [-0.05, 0) is 102 Å². The Hall–Kier alpha value is -4.74. The second-order valence-electron chi connectivity index (χ2n) is 15.3. The number of amides is 2. The number of benzene rings is 3. The molecule has 2 N–H and O–H groups in total. The highest BCUT2D eigenvalue weighted by Gasteiger charge is 2.42. The van der Waals surface area contributed by atoms with Crippen molar-refractivity contribution in [2.75, 3.05) is 34.4 Å². The summed E-state index contributed by atoms with van der Waals surface area (Å²) in [6.45, 7) is 8.21. The van der Waals surface area contributed by atoms with Gasteiger partial charge in [0, 0.05) is 37.4 Å². The zero-order chi connectivity index (χ0) is 36.3. The van der Waals surface area contributed by atoms with E-state index < -0.39 is 12.1 Å². The van der Waals surface area contributed by atoms with Crippen molar-refractivity contribution in [3.63, 3.8) is 0 Å². The third-order valence-corrected chi connectivity index (χ3v) is 11.6. The fourth-order valence-corrected chi connectivity index (χ4v) is 8.87. The number of aromatic nitrogens is 2. The van der Waals surface area contributed by atoms with E-state index in [0.717, 1.165) is 94.1 Å². The first kappa shape index (κ1) is 34.4. The van der Waals surface area contributed by atoms with Crippen LogP contribution in [-0.4, -0.2) is 90.0 Å². The smallest absolute Gasteiger partial charge is 0.407 e. The van der Waals surface area contributed by atoms with Crippen LogP contribution in [0.15, 0.2) is 53.7 Å². The van der Waals surface area contributed by atoms with Crippen LogP contribution >= 0.6 is 0 Å². The SMILES string of the molecule is COC[C@H]1CC(c2ncc(-c3ccc4c(c3)COc3cc5c6c(ccc5cc3-4)N=C([C@@H]3CC[C@H](C)N3C(=O)[C@@H](NC(=O)OC)C(C)C)C6)[nH]2)N(C)C1. The van der Waals surface area contributed by atoms with Crippen molar-refractivity contribution in [1.29, 1.82) is 0 Å². The molecule has 3 aromatic carbocycles. The molecule has 272 valence electrons. The van der Waals surface area contributed by atoms with E-state index in [0.29, 0.717) is 18.9 Å². The van der Waals surface area contributed by atoms with Crippen LogP contribution in [0, 0.1) is 11.8 Å². The average molecular weight is 705 g/mol. The number of H-pyrrole nitrogens is 1. The third-order valence-electron chi connectivity index (χ3n) is 11.6. The van der Waals surface area contributed by atoms with Crippen LogP contribution in [-0.2, 0) is 27.3 Å². The van der Waals surface area contributed by atoms with Crippen molar-refractivity contribution < 1.29 is 23.8 Å². The van der Waals surface area contributed by atoms with E-state index in [-0.39, 0.29) is 30.0 Å². The fraction of sp³-hybridized carbons (Fsp3) is 0.463. The molecule has 4 aromatic rings. The van der Waals surface area contributed by atoms with Crippen molar-refractivity contribution in [1.82, 2.24) is 25.1 Å². The van der Waals surface area contributed by atoms with Crippen LogP contribution in [0.4, 0.5) is 10.5 Å². The Morgan fingerprint density at radius 1 is 1.08 bits per heavy atom. The average Bonchev–Trinajstić information content (AvgIpc) is 3.95. The number of likely N-dealkylation sites (tertiary alicyclic amines) is 2. The molecule has 4 aliphatic rings. The van der Waals surface area contributed by atoms with Crippen LogP contribution in [0.5, 0.6) is 5.75 Å². The molecule has 0 radical (unpaired) electrons. The number of hydrogen-bond acceptors (Lipinski definition) is 8. The highest BCUT2D eigenvalue weighted by atomic mass is 16.5. The predicted molar refractivity (Wildman–Crippen MR) is 201 cm³/mol. The lowest BCUT2D eigenvalue weighted by Crippen LogP contribution is -2.55. The van der Waals surface area contributed by atoms with E-state index in [1.807, 2.05) is 24.9 Å². The maximum absolute atomic E-state index is 13.9. The third kappa shape index (κ3) is 6.03. The summed E-state index contributed by atoms with van der Waals surface area (Å²) in [6, 6.07) is 14.7. The number of carbonyl (C=O) groups is 2. The topological polar surface area (TPSA) is 121 Å². The number of nitrogens with zero attached hydrogens (tertiary/aromatic N) is 4. The molecular formula is C41H48N6O5. The van der Waals surface area contributed by atoms with Crippen LogP contribution in [0.1, 0.15) is 63.0 Å². The molecule has 11 nitrogen and oxygen atoms in total. The van der Waals surface area contributed by atoms with E-state index in [9.17, 15) is 9.59 Å². The molecule has 0 bridgehead atoms. The fourth-order valence-electron chi connectivity index (χ4n) is 8.87. The standard InChI is InChI=1S/C41H48N6O5/c1-22(2)38(45-41(49)51-6)40(48)47-23(3)7-12-35(47)33-16-30-29-17-37-31(15-25(29)9-11-32(30)43-33)28-10-8-26(14-27(28)21-52-37)34-18-42-39(44-34)36-13-24(20-50-5)19-46(36)4/h8-11,14-15,17-18,22-24,35-36,38H,7,12-13,16,19-21H2,1-6H3,(H,42,44)(H,45,49)/t23-,24-,35-,36?,38-/m0/s1. The number of ether oxygens (including phenoxy) is 3. The normalized spacial score (nSPS) is 22.9. The lowest BCUT2D eigenvalue weighted by atomic mass is 9.90. The molecule has 0 aliphatic carbocycles. The molecule has 2 amide bonds. The van der Waals surface area contributed by atoms with Crippen LogP contribution in [0.25, 0.3) is 33.2 Å². The highest BCUT2D eigenvalue weighted by Crippen LogP contribution is 2.45. The van der Waals surface area contributed by atoms with Gasteiger partial charge in [-0.15, -0.1) is 0 Å². The Morgan fingerprint density at radius 3 is 2.71 bits per heavy atom. The Kier molecular flexibility index (Phi) is 9.03. The lowest BCUT2D eigenvalue weighted by molar-refractivity contribution is -0.135. The summed E-state index contributed by atoms with van der Waals surface area (Å²) < 4.78 is 16.7. The zero-order valence-corrected chi connectivity index (χ0v) is 30.9. The Labute approximate surface area is 304 Å². The van der Waals surface area contributed by atoms with Crippen molar-refractivity contribution in [3.05, 3.63) is 65.6 Å². The van der Waals surface area contributed by atoms with Crippen LogP contribution in [0.3, 0.4) is 0 Å². The number of imidazole rings is 1. The van der Waals surface area contributed by atoms with E-state index in [4.69, 9.17) is 24.2 Å². The van der Waals surface area contributed by atoms with Gasteiger partial charge in [0.2, 0.25) is 5.91 Å². The molecule has 11 heteroatoms. The summed E-state index contributed by atoms with van der Waals surface area (Å²) in [5.41, 5.74) is 8.61. The second-order valence-corrected chi connectivity index (χ2v) is 15.3. The summed E-state index contributed by atoms with van der Waals surface area (Å²) in [6.07, 6.45) is 4.76. The van der Waals surface area contributed by atoms with Gasteiger partial charge in [-0.2, -0.15) is 0 Å². The first-order chi connectivity index (χ1) is 25.1. The molecular weight excluding hydrogens is 656 g/mol. The van der Waals surface area contributed by atoms with E-state index in [1.165, 1.54) is 12.7 Å². The lowest BCUT2D eigenvalue weighted by Gasteiger charge is -2.33. The van der Waals surface area contributed by atoms with Gasteiger partial charge in [-0.25, -0.2) is 9.78 Å². The number of alkyl carbamates (subject to hydrolysis) is 1. The summed E-state index contributed by atoms with van der Waals surface area (Å²) in [5.74, 6) is 2.20. The first-order valence-corrected chi connectivity index (χ1v) is 18.5. The number of methoxy groups -OCH3 is 2. The molecule has 1 unspecified atom stereocenters. The molecule has 0 saturated carbocycles. The van der Waals surface area contributed by atoms with E-state index >= 15 is 0 Å². The Bertz CT molecular complexity index is 2070. The van der Waals surface area contributed by atoms with Gasteiger partial charge >= 0.3 is 6.09 Å². The van der Waals surface area contributed by atoms with E-state index in [2.05, 4.69) is 71.6 Å². The maximum atomic E-state index is 13.9. The number of fused-ring (bicyclic) bond motifs is 6. The number of aliphatic imine (C=N–C) groups is 1. The summed E-state index contributed by atoms with van der Waals surface area (Å²) in [4.78, 5) is 43.9. The largest absolute Gasteiger partial charge is 0.488 e. The Morgan fingerprint density at radius 2 is 1.92 bits per heavy atom. The Balaban J connectivity index is 1.03. The predicted octanol–water partition coefficient (Wildman–Crippen LogP) is 6.82. The molecule has 5 atom stereocenters. The molecule has 2 saturated heterocycles. The number of hydrogen-bond donors (Lipinski definition) is 2. The highest BCUT2D eigenvalue weighted by molar-refractivity contribution is 6.06. The van der Waals surface area contributed by atoms with Crippen molar-refractivity contribution >= 4 is 34.2 Å². The van der Waals surface area contributed by atoms with Gasteiger partial charge in [-0.1, -0.05) is 32.0 Å². The van der Waals surface area contributed by atoms with Gasteiger partial charge in [0.15, 0.2) is 0 Å². The molecule has 8 rings (SSSR count). The van der Waals surface area contributed by atoms with Gasteiger partial charge in [0.1, 0.15) is 24.2 Å². The molecule has 5 heterocycles. The van der Waals surface area contributed by atoms with Crippen molar-refractivity contribution in [2.45, 2.75) is 77.2 Å². The minimum atomic E-state index is -0.673. The van der Waals surface area contributed by atoms with Gasteiger partial charge in [0.25, 0.3) is 0 Å². The maximum Gasteiger partial charge on any atom is 0.407 e. The molecule has 52 heavy (non-hydrogen) atoms. The summed E-state index contributed by atoms with van der Waals surface area (Å²) in [5, 5.41) is 5.03. The van der Waals surface area contributed by atoms with Crippen molar-refractivity contribution in [3.8, 4) is 28.1 Å². The van der Waals surface area contributed by atoms with Crippen LogP contribution in [0.2, 0.25) is 0 Å². The minimum Gasteiger partial charge on any atom is -0.488 e. The number of aromatic amines is 1. The first-order valence-electron chi connectivity index (χ1n) is 18.5. The van der Waals surface area contributed by atoms with Gasteiger partial charge in [0.05, 0.1) is 43.4 Å². The second kappa shape index (κ2) is 13.7. The van der Waals surface area contributed by atoms with Crippen molar-refractivity contribution in [2.24, 2.45) is 16.8 Å². The quantitative estimate of drug-likeness (QED) is 0.207. The summed E-state index contributed by atoms with van der Waals surface area (Å²) >= 11 is 0. The number of rotatable bonds is 8. The molecule has 4 aliphatic heterocycles. The number of carbonyl (C=O) groups excluding carboxylic acids is 2. The van der Waals surface area contributed by atoms with Crippen LogP contribution < -0.4 is 10.1 Å². The molecule has 2 fully saturated rings. The van der Waals surface area contributed by atoms with Gasteiger partial charge < -0.3 is 29.4 Å². The monoisotopic (exact) mass is 704 g/mol. The number of nitrogens with one attached hydrogen (secondary N) is 2. The van der Waals surface area contributed by atoms with E-state index in [1.54, 1.807) is 7.11 Å². The minimum absolute atomic E-state index is 0.0422. The molecule has 1 aromatic heterocycles. The zero-order valence-electron chi connectivity index (χ0n) is 30.9. The molecule has 0 spiro atoms. The summed E-state index contributed by atoms with van der Waals surface area (Å²) in [7, 11) is 5.24. The van der Waals surface area contributed by atoms with Gasteiger partial charge in [-0.3, -0.25) is 14.7 Å².